The van der Waals surface area contributed by atoms with Gasteiger partial charge in [-0.25, -0.2) is 4.98 Å². The molecular weight excluding hydrogens is 490 g/mol. The standard InChI is InChI=1S/C27H32ClN7O2/c1-33-13-17-6-7-18(14-33)35(17)27-29-12-20(28)25(32-27)30-16-5-8-22-19(11-16)23-24(26(36)34(22)2)37-10-9-21(31-23)15-3-4-15/h5,8,11-12,15,17-18,21,31H,3-4,6-7,9-10,13-14H2,1-2H3,(H,29,30,32)/t17?,18?,21-/m1/s1. The molecule has 1 saturated carbocycles. The summed E-state index contributed by atoms with van der Waals surface area (Å²) in [5.41, 5.74) is 2.37. The second-order valence-corrected chi connectivity index (χ2v) is 11.4. The average Bonchev–Trinajstić information content (AvgIpc) is 3.71. The number of benzene rings is 1. The summed E-state index contributed by atoms with van der Waals surface area (Å²) in [5.74, 6) is 2.37. The molecule has 5 heterocycles. The van der Waals surface area contributed by atoms with E-state index in [1.54, 1.807) is 17.8 Å². The Labute approximate surface area is 220 Å². The number of anilines is 4. The lowest BCUT2D eigenvalue weighted by Crippen LogP contribution is -2.53. The molecule has 1 aromatic carbocycles. The third kappa shape index (κ3) is 3.99. The summed E-state index contributed by atoms with van der Waals surface area (Å²) in [4.78, 5) is 27.3. The number of ether oxygens (including phenoxy) is 1. The highest BCUT2D eigenvalue weighted by molar-refractivity contribution is 6.33. The summed E-state index contributed by atoms with van der Waals surface area (Å²) in [6.07, 6.45) is 7.37. The van der Waals surface area contributed by atoms with E-state index in [-0.39, 0.29) is 5.56 Å². The summed E-state index contributed by atoms with van der Waals surface area (Å²) in [6, 6.07) is 7.17. The van der Waals surface area contributed by atoms with Crippen molar-refractivity contribution in [1.82, 2.24) is 19.4 Å². The first-order chi connectivity index (χ1) is 18.0. The van der Waals surface area contributed by atoms with Crippen LogP contribution in [0, 0.1) is 5.92 Å². The smallest absolute Gasteiger partial charge is 0.295 e. The van der Waals surface area contributed by atoms with Crippen molar-refractivity contribution in [1.29, 1.82) is 0 Å². The van der Waals surface area contributed by atoms with Crippen molar-refractivity contribution in [3.05, 3.63) is 39.8 Å². The number of hydrogen-bond acceptors (Lipinski definition) is 8. The molecule has 194 valence electrons. The van der Waals surface area contributed by atoms with E-state index in [2.05, 4.69) is 38.5 Å². The van der Waals surface area contributed by atoms with Crippen LogP contribution in [0.5, 0.6) is 5.75 Å². The zero-order chi connectivity index (χ0) is 25.3. The second-order valence-electron chi connectivity index (χ2n) is 11.0. The molecule has 37 heavy (non-hydrogen) atoms. The van der Waals surface area contributed by atoms with Crippen LogP contribution in [-0.2, 0) is 7.05 Å². The number of pyridine rings is 1. The van der Waals surface area contributed by atoms with Gasteiger partial charge in [0.1, 0.15) is 5.02 Å². The molecule has 0 amide bonds. The highest BCUT2D eigenvalue weighted by Crippen LogP contribution is 2.41. The van der Waals surface area contributed by atoms with E-state index in [1.165, 1.54) is 12.8 Å². The summed E-state index contributed by atoms with van der Waals surface area (Å²) in [5, 5.41) is 8.52. The average molecular weight is 522 g/mol. The highest BCUT2D eigenvalue weighted by Gasteiger charge is 2.40. The molecule has 2 N–H and O–H groups in total. The van der Waals surface area contributed by atoms with Gasteiger partial charge in [0.05, 0.1) is 24.0 Å². The van der Waals surface area contributed by atoms with Gasteiger partial charge in [-0.2, -0.15) is 4.98 Å². The Morgan fingerprint density at radius 1 is 1.11 bits per heavy atom. The van der Waals surface area contributed by atoms with Gasteiger partial charge in [-0.1, -0.05) is 11.6 Å². The molecule has 2 unspecified atom stereocenters. The largest absolute Gasteiger partial charge is 0.486 e. The predicted octanol–water partition coefficient (Wildman–Crippen LogP) is 3.98. The number of nitrogens with zero attached hydrogens (tertiary/aromatic N) is 5. The molecule has 3 atom stereocenters. The second kappa shape index (κ2) is 8.77. The first kappa shape index (κ1) is 23.1. The lowest BCUT2D eigenvalue weighted by Gasteiger charge is -2.39. The number of fused-ring (bicyclic) bond motifs is 5. The van der Waals surface area contributed by atoms with Gasteiger partial charge < -0.3 is 29.7 Å². The van der Waals surface area contributed by atoms with Gasteiger partial charge in [-0.05, 0) is 56.8 Å². The molecule has 4 aliphatic rings. The van der Waals surface area contributed by atoms with Crippen LogP contribution in [0.3, 0.4) is 0 Å². The summed E-state index contributed by atoms with van der Waals surface area (Å²) >= 11 is 6.57. The number of nitrogens with one attached hydrogen (secondary N) is 2. The Bertz CT molecular complexity index is 1420. The van der Waals surface area contributed by atoms with Crippen molar-refractivity contribution in [2.75, 3.05) is 42.3 Å². The van der Waals surface area contributed by atoms with Crippen LogP contribution in [-0.4, -0.2) is 64.3 Å². The number of hydrogen-bond donors (Lipinski definition) is 2. The van der Waals surface area contributed by atoms with Gasteiger partial charge in [0, 0.05) is 55.8 Å². The molecule has 2 saturated heterocycles. The molecule has 7 rings (SSSR count). The van der Waals surface area contributed by atoms with Crippen molar-refractivity contribution in [2.45, 2.75) is 50.2 Å². The molecule has 10 heteroatoms. The molecule has 0 spiro atoms. The van der Waals surface area contributed by atoms with Crippen LogP contribution in [0.4, 0.5) is 23.1 Å². The Morgan fingerprint density at radius 3 is 2.65 bits per heavy atom. The number of aromatic nitrogens is 3. The highest BCUT2D eigenvalue weighted by atomic mass is 35.5. The van der Waals surface area contributed by atoms with Gasteiger partial charge in [0.2, 0.25) is 11.7 Å². The van der Waals surface area contributed by atoms with Crippen LogP contribution in [0.15, 0.2) is 29.2 Å². The maximum Gasteiger partial charge on any atom is 0.295 e. The quantitative estimate of drug-likeness (QED) is 0.533. The van der Waals surface area contributed by atoms with Crippen molar-refractivity contribution >= 4 is 45.6 Å². The fourth-order valence-corrected chi connectivity index (χ4v) is 6.56. The first-order valence-electron chi connectivity index (χ1n) is 13.3. The maximum atomic E-state index is 13.1. The van der Waals surface area contributed by atoms with Gasteiger partial charge >= 0.3 is 0 Å². The van der Waals surface area contributed by atoms with E-state index >= 15 is 0 Å². The molecule has 2 aromatic heterocycles. The van der Waals surface area contributed by atoms with Crippen LogP contribution in [0.2, 0.25) is 5.02 Å². The van der Waals surface area contributed by atoms with E-state index in [0.29, 0.717) is 47.2 Å². The number of halogens is 1. The Balaban J connectivity index is 1.25. The minimum Gasteiger partial charge on any atom is -0.486 e. The predicted molar refractivity (Wildman–Crippen MR) is 147 cm³/mol. The summed E-state index contributed by atoms with van der Waals surface area (Å²) in [6.45, 7) is 2.60. The molecule has 2 bridgehead atoms. The molecule has 3 aliphatic heterocycles. The third-order valence-electron chi connectivity index (χ3n) is 8.44. The monoisotopic (exact) mass is 521 g/mol. The van der Waals surface area contributed by atoms with Gasteiger partial charge in [0.25, 0.3) is 5.56 Å². The zero-order valence-corrected chi connectivity index (χ0v) is 22.0. The van der Waals surface area contributed by atoms with Crippen molar-refractivity contribution in [3.63, 3.8) is 0 Å². The van der Waals surface area contributed by atoms with Crippen LogP contribution in [0.1, 0.15) is 32.1 Å². The normalized spacial score (nSPS) is 25.4. The first-order valence-corrected chi connectivity index (χ1v) is 13.7. The molecule has 3 aromatic rings. The lowest BCUT2D eigenvalue weighted by atomic mass is 10.1. The van der Waals surface area contributed by atoms with Crippen molar-refractivity contribution < 1.29 is 4.74 Å². The van der Waals surface area contributed by atoms with E-state index in [4.69, 9.17) is 21.3 Å². The SMILES string of the molecule is CN1CC2CCC(C1)N2c1ncc(Cl)c(Nc2ccc3c(c2)c2c(c(=O)n3C)OCC[C@H](C3CC3)N2)n1. The number of likely N-dealkylation sites (N-methyl/N-ethyl adjacent to an activating group) is 1. The van der Waals surface area contributed by atoms with E-state index < -0.39 is 0 Å². The number of aryl methyl sites for hydroxylation is 1. The zero-order valence-electron chi connectivity index (χ0n) is 21.2. The van der Waals surface area contributed by atoms with E-state index in [9.17, 15) is 4.79 Å². The minimum absolute atomic E-state index is 0.113. The van der Waals surface area contributed by atoms with Crippen LogP contribution in [0.25, 0.3) is 10.9 Å². The topological polar surface area (TPSA) is 87.5 Å². The number of likely N-dealkylation sites (tertiary alicyclic amines) is 1. The molecule has 9 nitrogen and oxygen atoms in total. The minimum atomic E-state index is -0.113. The lowest BCUT2D eigenvalue weighted by molar-refractivity contribution is 0.262. The molecule has 0 radical (unpaired) electrons. The third-order valence-corrected chi connectivity index (χ3v) is 8.72. The molecule has 3 fully saturated rings. The summed E-state index contributed by atoms with van der Waals surface area (Å²) in [7, 11) is 3.98. The van der Waals surface area contributed by atoms with E-state index in [1.807, 2.05) is 12.1 Å². The van der Waals surface area contributed by atoms with Crippen molar-refractivity contribution in [3.8, 4) is 5.75 Å². The Morgan fingerprint density at radius 2 is 1.89 bits per heavy atom. The van der Waals surface area contributed by atoms with Gasteiger partial charge in [0.15, 0.2) is 5.82 Å². The Kier molecular flexibility index (Phi) is 5.48. The van der Waals surface area contributed by atoms with Gasteiger partial charge in [-0.3, -0.25) is 4.79 Å². The number of piperazine rings is 1. The van der Waals surface area contributed by atoms with Crippen molar-refractivity contribution in [2.24, 2.45) is 13.0 Å². The maximum absolute atomic E-state index is 13.1. The summed E-state index contributed by atoms with van der Waals surface area (Å²) < 4.78 is 7.67. The Hall–Kier alpha value is -3.04. The van der Waals surface area contributed by atoms with E-state index in [0.717, 1.165) is 60.6 Å². The molecule has 1 aliphatic carbocycles. The van der Waals surface area contributed by atoms with Gasteiger partial charge in [-0.15, -0.1) is 0 Å². The fourth-order valence-electron chi connectivity index (χ4n) is 6.42. The van der Waals surface area contributed by atoms with Crippen LogP contribution < -0.4 is 25.8 Å². The number of rotatable bonds is 4. The fraction of sp³-hybridized carbons (Fsp3) is 0.519. The molecular formula is C27H32ClN7O2. The van der Waals surface area contributed by atoms with Crippen LogP contribution >= 0.6 is 11.6 Å².